The summed E-state index contributed by atoms with van der Waals surface area (Å²) in [4.78, 5) is 15.6. The fourth-order valence-corrected chi connectivity index (χ4v) is 3.50. The molecule has 28 heavy (non-hydrogen) atoms. The molecule has 3 aromatic rings. The molecule has 8 nitrogen and oxygen atoms in total. The molecule has 1 unspecified atom stereocenters. The molecule has 0 fully saturated rings. The average molecular weight is 376 g/mol. The Hall–Kier alpha value is -3.44. The molecule has 1 aliphatic rings. The number of hydrogen-bond acceptors (Lipinski definition) is 7. The number of ether oxygens (including phenoxy) is 1. The fraction of sp³-hybridized carbons (Fsp3) is 0.300. The smallest absolute Gasteiger partial charge is 0.167 e. The Bertz CT molecular complexity index is 1120. The molecule has 0 bridgehead atoms. The maximum absolute atomic E-state index is 11.2. The Kier molecular flexibility index (Phi) is 4.24. The van der Waals surface area contributed by atoms with Gasteiger partial charge in [0.2, 0.25) is 0 Å². The summed E-state index contributed by atoms with van der Waals surface area (Å²) >= 11 is 0. The summed E-state index contributed by atoms with van der Waals surface area (Å²) in [6.07, 6.45) is 4.61. The lowest BCUT2D eigenvalue weighted by Crippen LogP contribution is -2.39. The normalized spacial score (nSPS) is 18.9. The summed E-state index contributed by atoms with van der Waals surface area (Å²) in [7, 11) is 0. The van der Waals surface area contributed by atoms with E-state index in [9.17, 15) is 10.1 Å². The van der Waals surface area contributed by atoms with Crippen LogP contribution in [0.25, 0.3) is 5.65 Å². The van der Waals surface area contributed by atoms with Crippen LogP contribution in [0, 0.1) is 11.3 Å². The van der Waals surface area contributed by atoms with E-state index in [4.69, 9.17) is 10.5 Å². The fourth-order valence-electron chi connectivity index (χ4n) is 3.50. The maximum Gasteiger partial charge on any atom is 0.167 e. The number of aromatic nitrogens is 3. The zero-order valence-electron chi connectivity index (χ0n) is 15.6. The number of fused-ring (bicyclic) bond motifs is 2. The zero-order valence-corrected chi connectivity index (χ0v) is 15.6. The molecular weight excluding hydrogens is 356 g/mol. The predicted molar refractivity (Wildman–Crippen MR) is 103 cm³/mol. The van der Waals surface area contributed by atoms with Gasteiger partial charge in [0, 0.05) is 24.7 Å². The highest BCUT2D eigenvalue weighted by atomic mass is 16.5. The molecule has 0 spiro atoms. The largest absolute Gasteiger partial charge is 0.485 e. The minimum absolute atomic E-state index is 0.181. The van der Waals surface area contributed by atoms with Gasteiger partial charge < -0.3 is 15.8 Å². The number of hydrogen-bond donors (Lipinski definition) is 2. The van der Waals surface area contributed by atoms with Crippen molar-refractivity contribution in [2.24, 2.45) is 5.73 Å². The zero-order chi connectivity index (χ0) is 19.9. The molecule has 8 heteroatoms. The van der Waals surface area contributed by atoms with Gasteiger partial charge in [-0.25, -0.2) is 9.50 Å². The summed E-state index contributed by atoms with van der Waals surface area (Å²) in [5.74, 6) is 1.37. The summed E-state index contributed by atoms with van der Waals surface area (Å²) in [5.41, 5.74) is 8.75. The van der Waals surface area contributed by atoms with Gasteiger partial charge in [0.1, 0.15) is 17.2 Å². The second-order valence-electron chi connectivity index (χ2n) is 7.26. The number of nitriles is 1. The van der Waals surface area contributed by atoms with Gasteiger partial charge in [0.05, 0.1) is 29.4 Å². The van der Waals surface area contributed by atoms with E-state index in [0.717, 1.165) is 23.2 Å². The monoisotopic (exact) mass is 376 g/mol. The molecule has 1 aliphatic heterocycles. The van der Waals surface area contributed by atoms with Crippen LogP contribution in [0.3, 0.4) is 0 Å². The van der Waals surface area contributed by atoms with Gasteiger partial charge in [0.25, 0.3) is 0 Å². The molecule has 2 aromatic heterocycles. The molecule has 0 amide bonds. The number of anilines is 1. The first-order valence-corrected chi connectivity index (χ1v) is 8.98. The topological polar surface area (TPSA) is 118 Å². The van der Waals surface area contributed by atoms with Crippen LogP contribution >= 0.6 is 0 Å². The molecule has 142 valence electrons. The van der Waals surface area contributed by atoms with E-state index in [-0.39, 0.29) is 6.04 Å². The van der Waals surface area contributed by atoms with E-state index in [0.29, 0.717) is 35.6 Å². The summed E-state index contributed by atoms with van der Waals surface area (Å²) in [6.45, 7) is 4.33. The quantitative estimate of drug-likeness (QED) is 0.656. The molecule has 0 radical (unpaired) electrons. The average Bonchev–Trinajstić information content (AvgIpc) is 3.26. The second-order valence-corrected chi connectivity index (χ2v) is 7.26. The summed E-state index contributed by atoms with van der Waals surface area (Å²) < 4.78 is 7.72. The van der Waals surface area contributed by atoms with Crippen molar-refractivity contribution in [1.29, 1.82) is 5.26 Å². The van der Waals surface area contributed by atoms with Gasteiger partial charge in [-0.15, -0.1) is 0 Å². The number of aldehydes is 1. The molecule has 1 aromatic carbocycles. The van der Waals surface area contributed by atoms with Crippen molar-refractivity contribution in [1.82, 2.24) is 14.6 Å². The first kappa shape index (κ1) is 17.9. The van der Waals surface area contributed by atoms with E-state index >= 15 is 0 Å². The lowest BCUT2D eigenvalue weighted by Gasteiger charge is -2.23. The maximum atomic E-state index is 11.2. The Morgan fingerprint density at radius 3 is 3.07 bits per heavy atom. The SMILES string of the molecule is C[C@@H](Nc1ccn2ncc(C=O)c2n1)c1cc(C#N)cc2c1OC(C)(CN)C2. The first-order chi connectivity index (χ1) is 13.5. The minimum Gasteiger partial charge on any atom is -0.485 e. The van der Waals surface area contributed by atoms with Crippen LogP contribution in [0.15, 0.2) is 30.6 Å². The van der Waals surface area contributed by atoms with Crippen molar-refractivity contribution >= 4 is 17.8 Å². The molecule has 0 aliphatic carbocycles. The third-order valence-corrected chi connectivity index (χ3v) is 5.02. The highest BCUT2D eigenvalue weighted by Crippen LogP contribution is 2.41. The Labute approximate surface area is 161 Å². The van der Waals surface area contributed by atoms with Crippen LogP contribution < -0.4 is 15.8 Å². The number of carbonyl (C=O) groups excluding carboxylic acids is 1. The lowest BCUT2D eigenvalue weighted by molar-refractivity contribution is 0.112. The summed E-state index contributed by atoms with van der Waals surface area (Å²) in [5, 5.41) is 16.8. The standard InChI is InChI=1S/C20H20N6O2/c1-12(24-17-3-4-26-19(25-17)15(10-27)9-23-26)16-6-13(8-21)5-14-7-20(2,11-22)28-18(14)16/h3-6,9-10,12H,7,11,22H2,1-2H3,(H,24,25)/t12-,20?/m1/s1. The Balaban J connectivity index is 1.69. The Morgan fingerprint density at radius 2 is 2.36 bits per heavy atom. The number of nitrogens with two attached hydrogens (primary N) is 1. The molecule has 3 heterocycles. The van der Waals surface area contributed by atoms with Gasteiger partial charge in [-0.3, -0.25) is 4.79 Å². The van der Waals surface area contributed by atoms with Crippen LogP contribution in [-0.2, 0) is 6.42 Å². The van der Waals surface area contributed by atoms with E-state index in [1.165, 1.54) is 6.20 Å². The van der Waals surface area contributed by atoms with Crippen molar-refractivity contribution in [3.63, 3.8) is 0 Å². The molecule has 0 saturated heterocycles. The molecule has 3 N–H and O–H groups in total. The van der Waals surface area contributed by atoms with E-state index in [2.05, 4.69) is 21.5 Å². The minimum atomic E-state index is -0.474. The van der Waals surface area contributed by atoms with Crippen molar-refractivity contribution in [3.8, 4) is 11.8 Å². The highest BCUT2D eigenvalue weighted by Gasteiger charge is 2.36. The molecule has 0 saturated carbocycles. The van der Waals surface area contributed by atoms with Crippen LogP contribution in [0.5, 0.6) is 5.75 Å². The van der Waals surface area contributed by atoms with Gasteiger partial charge in [-0.05, 0) is 37.6 Å². The number of benzene rings is 1. The van der Waals surface area contributed by atoms with E-state index < -0.39 is 5.60 Å². The van der Waals surface area contributed by atoms with Crippen molar-refractivity contribution in [2.45, 2.75) is 31.9 Å². The Morgan fingerprint density at radius 1 is 1.54 bits per heavy atom. The second kappa shape index (κ2) is 6.62. The van der Waals surface area contributed by atoms with Gasteiger partial charge in [-0.1, -0.05) is 0 Å². The number of nitrogens with zero attached hydrogens (tertiary/aromatic N) is 4. The lowest BCUT2D eigenvalue weighted by atomic mass is 9.95. The van der Waals surface area contributed by atoms with Crippen molar-refractivity contribution in [3.05, 3.63) is 52.8 Å². The molecule has 4 rings (SSSR count). The van der Waals surface area contributed by atoms with Gasteiger partial charge >= 0.3 is 0 Å². The number of rotatable bonds is 5. The van der Waals surface area contributed by atoms with Crippen molar-refractivity contribution < 1.29 is 9.53 Å². The molecule has 2 atom stereocenters. The van der Waals surface area contributed by atoms with Crippen LogP contribution in [0.1, 0.15) is 46.9 Å². The first-order valence-electron chi connectivity index (χ1n) is 8.98. The predicted octanol–water partition coefficient (Wildman–Crippen LogP) is 2.24. The van der Waals surface area contributed by atoms with Crippen LogP contribution in [0.2, 0.25) is 0 Å². The summed E-state index contributed by atoms with van der Waals surface area (Å²) in [6, 6.07) is 7.50. The molecular formula is C20H20N6O2. The van der Waals surface area contributed by atoms with E-state index in [1.807, 2.05) is 26.0 Å². The highest BCUT2D eigenvalue weighted by molar-refractivity contribution is 5.84. The van der Waals surface area contributed by atoms with Crippen LogP contribution in [0.4, 0.5) is 5.82 Å². The van der Waals surface area contributed by atoms with Gasteiger partial charge in [0.15, 0.2) is 11.9 Å². The van der Waals surface area contributed by atoms with E-state index in [1.54, 1.807) is 16.8 Å². The van der Waals surface area contributed by atoms with Gasteiger partial charge in [-0.2, -0.15) is 10.4 Å². The third-order valence-electron chi connectivity index (χ3n) is 5.02. The number of nitrogens with one attached hydrogen (secondary N) is 1. The number of carbonyl (C=O) groups is 1. The van der Waals surface area contributed by atoms with Crippen molar-refractivity contribution in [2.75, 3.05) is 11.9 Å². The van der Waals surface area contributed by atoms with Crippen LogP contribution in [-0.4, -0.2) is 33.0 Å². The third kappa shape index (κ3) is 2.96.